The van der Waals surface area contributed by atoms with Crippen LogP contribution in [-0.4, -0.2) is 36.4 Å². The number of ketones is 1. The van der Waals surface area contributed by atoms with Crippen molar-refractivity contribution in [3.63, 3.8) is 0 Å². The number of Topliss-reactive ketones (excluding diaryl/α,β-unsaturated/α-hetero) is 1. The van der Waals surface area contributed by atoms with Gasteiger partial charge in [-0.25, -0.2) is 0 Å². The Hall–Kier alpha value is -1.87. The molecule has 1 atom stereocenters. The van der Waals surface area contributed by atoms with Gasteiger partial charge < -0.3 is 5.32 Å². The van der Waals surface area contributed by atoms with Crippen LogP contribution in [-0.2, 0) is 6.42 Å². The largest absolute Gasteiger partial charge is 0.384 e. The molecule has 0 amide bonds. The Morgan fingerprint density at radius 3 is 2.71 bits per heavy atom. The number of hydrogen-bond acceptors (Lipinski definition) is 3. The number of fused-ring (bicyclic) bond motifs is 1. The summed E-state index contributed by atoms with van der Waals surface area (Å²) in [4.78, 5) is 15.0. The average molecular weight is 284 g/mol. The normalized spacial score (nSPS) is 14.4. The number of nitrogens with one attached hydrogen (secondary N) is 1. The van der Waals surface area contributed by atoms with Gasteiger partial charge in [0.1, 0.15) is 0 Å². The van der Waals surface area contributed by atoms with Crippen molar-refractivity contribution in [3.8, 4) is 0 Å². The van der Waals surface area contributed by atoms with Gasteiger partial charge in [0.05, 0.1) is 6.04 Å². The molecule has 1 aromatic rings. The van der Waals surface area contributed by atoms with Crippen molar-refractivity contribution < 1.29 is 4.79 Å². The average Bonchev–Trinajstić information content (AvgIpc) is 2.95. The number of carbonyl (C=O) groups excluding carboxylic acids is 1. The molecule has 0 aliphatic carbocycles. The van der Waals surface area contributed by atoms with Crippen LogP contribution < -0.4 is 5.32 Å². The highest BCUT2D eigenvalue weighted by atomic mass is 16.1. The molecule has 0 spiro atoms. The molecular formula is C18H24N2O. The summed E-state index contributed by atoms with van der Waals surface area (Å²) >= 11 is 0. The van der Waals surface area contributed by atoms with Gasteiger partial charge in [0, 0.05) is 30.9 Å². The third kappa shape index (κ3) is 3.42. The van der Waals surface area contributed by atoms with Crippen LogP contribution in [0.4, 0.5) is 5.69 Å². The van der Waals surface area contributed by atoms with Crippen LogP contribution in [0.25, 0.3) is 0 Å². The number of anilines is 1. The predicted octanol–water partition coefficient (Wildman–Crippen LogP) is 3.29. The zero-order valence-electron chi connectivity index (χ0n) is 12.8. The highest BCUT2D eigenvalue weighted by Gasteiger charge is 2.24. The van der Waals surface area contributed by atoms with Gasteiger partial charge in [-0.2, -0.15) is 0 Å². The van der Waals surface area contributed by atoms with E-state index in [0.717, 1.165) is 30.6 Å². The van der Waals surface area contributed by atoms with E-state index in [1.54, 1.807) is 0 Å². The smallest absolute Gasteiger partial charge is 0.179 e. The highest BCUT2D eigenvalue weighted by Crippen LogP contribution is 2.24. The summed E-state index contributed by atoms with van der Waals surface area (Å²) in [6.45, 7) is 12.0. The first kappa shape index (κ1) is 15.5. The Bertz CT molecular complexity index is 526. The van der Waals surface area contributed by atoms with Crippen LogP contribution >= 0.6 is 0 Å². The van der Waals surface area contributed by atoms with Gasteiger partial charge in [-0.1, -0.05) is 19.1 Å². The molecule has 0 radical (unpaired) electrons. The molecule has 0 fully saturated rings. The molecule has 1 unspecified atom stereocenters. The molecule has 3 nitrogen and oxygen atoms in total. The lowest BCUT2D eigenvalue weighted by atomic mass is 9.98. The van der Waals surface area contributed by atoms with Gasteiger partial charge >= 0.3 is 0 Å². The van der Waals surface area contributed by atoms with Crippen LogP contribution in [0.15, 0.2) is 43.5 Å². The summed E-state index contributed by atoms with van der Waals surface area (Å²) in [5.41, 5.74) is 3.21. The SMILES string of the molecule is C=CCN(CC=C)C(CC)C(=O)c1ccc2c(c1)CCN2. The summed E-state index contributed by atoms with van der Waals surface area (Å²) in [6, 6.07) is 5.88. The molecule has 1 aliphatic rings. The number of rotatable bonds is 8. The zero-order valence-corrected chi connectivity index (χ0v) is 12.8. The minimum absolute atomic E-state index is 0.117. The van der Waals surface area contributed by atoms with E-state index in [4.69, 9.17) is 0 Å². The van der Waals surface area contributed by atoms with Crippen molar-refractivity contribution in [2.45, 2.75) is 25.8 Å². The van der Waals surface area contributed by atoms with Gasteiger partial charge in [-0.15, -0.1) is 13.2 Å². The number of nitrogens with zero attached hydrogens (tertiary/aromatic N) is 1. The molecule has 1 heterocycles. The standard InChI is InChI=1S/C18H24N2O/c1-4-11-20(12-5-2)17(6-3)18(21)15-7-8-16-14(13-15)9-10-19-16/h4-5,7-8,13,17,19H,1-2,6,9-12H2,3H3. The molecule has 1 N–H and O–H groups in total. The third-order valence-electron chi connectivity index (χ3n) is 3.96. The molecule has 2 rings (SSSR count). The van der Waals surface area contributed by atoms with Crippen molar-refractivity contribution in [3.05, 3.63) is 54.6 Å². The van der Waals surface area contributed by atoms with E-state index < -0.39 is 0 Å². The summed E-state index contributed by atoms with van der Waals surface area (Å²) in [7, 11) is 0. The highest BCUT2D eigenvalue weighted by molar-refractivity contribution is 6.00. The first-order valence-corrected chi connectivity index (χ1v) is 7.58. The molecule has 0 saturated carbocycles. The first-order valence-electron chi connectivity index (χ1n) is 7.58. The minimum Gasteiger partial charge on any atom is -0.384 e. The van der Waals surface area contributed by atoms with Gasteiger partial charge in [-0.05, 0) is 36.6 Å². The van der Waals surface area contributed by atoms with Gasteiger partial charge in [-0.3, -0.25) is 9.69 Å². The van der Waals surface area contributed by atoms with E-state index in [1.165, 1.54) is 5.56 Å². The molecule has 21 heavy (non-hydrogen) atoms. The summed E-state index contributed by atoms with van der Waals surface area (Å²) in [6.07, 6.45) is 5.46. The fraction of sp³-hybridized carbons (Fsp3) is 0.389. The predicted molar refractivity (Wildman–Crippen MR) is 89.0 cm³/mol. The Kier molecular flexibility index (Phi) is 5.34. The van der Waals surface area contributed by atoms with E-state index in [0.29, 0.717) is 13.1 Å². The second kappa shape index (κ2) is 7.23. The van der Waals surface area contributed by atoms with Crippen LogP contribution in [0.3, 0.4) is 0 Å². The Morgan fingerprint density at radius 1 is 1.38 bits per heavy atom. The molecular weight excluding hydrogens is 260 g/mol. The first-order chi connectivity index (χ1) is 10.2. The topological polar surface area (TPSA) is 32.3 Å². The lowest BCUT2D eigenvalue weighted by molar-refractivity contribution is 0.0842. The lowest BCUT2D eigenvalue weighted by Crippen LogP contribution is -2.41. The summed E-state index contributed by atoms with van der Waals surface area (Å²) < 4.78 is 0. The maximum absolute atomic E-state index is 12.8. The van der Waals surface area contributed by atoms with Crippen molar-refractivity contribution >= 4 is 11.5 Å². The second-order valence-corrected chi connectivity index (χ2v) is 5.37. The van der Waals surface area contributed by atoms with Crippen molar-refractivity contribution in [2.24, 2.45) is 0 Å². The summed E-state index contributed by atoms with van der Waals surface area (Å²) in [5, 5.41) is 3.32. The molecule has 1 aliphatic heterocycles. The van der Waals surface area contributed by atoms with Gasteiger partial charge in [0.2, 0.25) is 0 Å². The van der Waals surface area contributed by atoms with Crippen LogP contribution in [0, 0.1) is 0 Å². The minimum atomic E-state index is -0.117. The van der Waals surface area contributed by atoms with Crippen molar-refractivity contribution in [1.82, 2.24) is 4.90 Å². The fourth-order valence-corrected chi connectivity index (χ4v) is 2.92. The Balaban J connectivity index is 2.22. The molecule has 3 heteroatoms. The quantitative estimate of drug-likeness (QED) is 0.587. The number of hydrogen-bond donors (Lipinski definition) is 1. The van der Waals surface area contributed by atoms with Gasteiger partial charge in [0.15, 0.2) is 5.78 Å². The van der Waals surface area contributed by atoms with E-state index in [2.05, 4.69) is 30.3 Å². The maximum atomic E-state index is 12.8. The van der Waals surface area contributed by atoms with E-state index in [9.17, 15) is 4.79 Å². The van der Waals surface area contributed by atoms with Crippen LogP contribution in [0.1, 0.15) is 29.3 Å². The summed E-state index contributed by atoms with van der Waals surface area (Å²) in [5.74, 6) is 0.191. The number of carbonyl (C=O) groups is 1. The van der Waals surface area contributed by atoms with Crippen molar-refractivity contribution in [2.75, 3.05) is 25.0 Å². The maximum Gasteiger partial charge on any atom is 0.179 e. The van der Waals surface area contributed by atoms with E-state index >= 15 is 0 Å². The van der Waals surface area contributed by atoms with Crippen LogP contribution in [0.2, 0.25) is 0 Å². The van der Waals surface area contributed by atoms with Crippen molar-refractivity contribution in [1.29, 1.82) is 0 Å². The molecule has 1 aromatic carbocycles. The molecule has 0 bridgehead atoms. The zero-order chi connectivity index (χ0) is 15.2. The van der Waals surface area contributed by atoms with Crippen LogP contribution in [0.5, 0.6) is 0 Å². The molecule has 0 saturated heterocycles. The van der Waals surface area contributed by atoms with E-state index in [1.807, 2.05) is 30.4 Å². The van der Waals surface area contributed by atoms with Gasteiger partial charge in [0.25, 0.3) is 0 Å². The Labute approximate surface area is 127 Å². The molecule has 112 valence electrons. The monoisotopic (exact) mass is 284 g/mol. The third-order valence-corrected chi connectivity index (χ3v) is 3.96. The molecule has 0 aromatic heterocycles. The number of benzene rings is 1. The fourth-order valence-electron chi connectivity index (χ4n) is 2.92. The Morgan fingerprint density at radius 2 is 2.10 bits per heavy atom. The second-order valence-electron chi connectivity index (χ2n) is 5.37. The van der Waals surface area contributed by atoms with E-state index in [-0.39, 0.29) is 11.8 Å². The lowest BCUT2D eigenvalue weighted by Gasteiger charge is -2.28.